The van der Waals surface area contributed by atoms with Gasteiger partial charge in [-0.3, -0.25) is 0 Å². The number of alkyl halides is 1. The van der Waals surface area contributed by atoms with Gasteiger partial charge in [0.05, 0.1) is 20.8 Å². The van der Waals surface area contributed by atoms with E-state index in [0.717, 1.165) is 0 Å². The number of anilines is 1. The van der Waals surface area contributed by atoms with Gasteiger partial charge in [-0.15, -0.1) is 10.2 Å². The molecule has 1 aliphatic rings. The Morgan fingerprint density at radius 3 is 2.83 bits per heavy atom. The van der Waals surface area contributed by atoms with Crippen LogP contribution in [0.3, 0.4) is 0 Å². The molecule has 0 aliphatic carbocycles. The van der Waals surface area contributed by atoms with Gasteiger partial charge in [0.25, 0.3) is 0 Å². The maximum atomic E-state index is 13.1. The first-order chi connectivity index (χ1) is 8.65. The molecule has 0 aromatic carbocycles. The van der Waals surface area contributed by atoms with E-state index in [4.69, 9.17) is 4.74 Å². The van der Waals surface area contributed by atoms with Crippen molar-refractivity contribution < 1.29 is 18.7 Å². The summed E-state index contributed by atoms with van der Waals surface area (Å²) in [5.41, 5.74) is 0.0137. The van der Waals surface area contributed by atoms with Gasteiger partial charge in [0, 0.05) is 12.6 Å². The van der Waals surface area contributed by atoms with Crippen molar-refractivity contribution in [1.82, 2.24) is 10.2 Å². The molecule has 1 atom stereocenters. The second kappa shape index (κ2) is 5.16. The molecule has 98 valence electrons. The number of methoxy groups -OCH3 is 2. The Labute approximate surface area is 104 Å². The number of rotatable bonds is 3. The zero-order valence-electron chi connectivity index (χ0n) is 10.2. The van der Waals surface area contributed by atoms with Crippen LogP contribution in [0.4, 0.5) is 10.2 Å². The lowest BCUT2D eigenvalue weighted by atomic mass is 10.3. The molecule has 0 saturated carbocycles. The summed E-state index contributed by atoms with van der Waals surface area (Å²) in [4.78, 5) is 13.2. The summed E-state index contributed by atoms with van der Waals surface area (Å²) in [6.45, 7) is 0.867. The molecule has 1 saturated heterocycles. The Hall–Kier alpha value is -1.92. The molecule has 0 unspecified atom stereocenters. The Kier molecular flexibility index (Phi) is 3.59. The topological polar surface area (TPSA) is 64.5 Å². The first kappa shape index (κ1) is 12.5. The molecule has 0 radical (unpaired) electrons. The van der Waals surface area contributed by atoms with Crippen LogP contribution in [-0.4, -0.2) is 49.6 Å². The minimum absolute atomic E-state index is 0.0137. The molecule has 1 aromatic rings. The molecule has 2 heterocycles. The second-order valence-corrected chi connectivity index (χ2v) is 3.94. The van der Waals surface area contributed by atoms with Gasteiger partial charge in [-0.2, -0.15) is 0 Å². The maximum absolute atomic E-state index is 13.1. The number of halogens is 1. The predicted octanol–water partition coefficient (Wildman–Crippen LogP) is 0.820. The molecule has 1 aromatic heterocycles. The van der Waals surface area contributed by atoms with E-state index in [2.05, 4.69) is 14.9 Å². The maximum Gasteiger partial charge on any atom is 0.362 e. The zero-order valence-corrected chi connectivity index (χ0v) is 10.2. The Bertz CT molecular complexity index is 455. The molecule has 18 heavy (non-hydrogen) atoms. The van der Waals surface area contributed by atoms with Crippen LogP contribution in [0.5, 0.6) is 5.75 Å². The van der Waals surface area contributed by atoms with Crippen LogP contribution in [0.2, 0.25) is 0 Å². The monoisotopic (exact) mass is 255 g/mol. The number of esters is 1. The van der Waals surface area contributed by atoms with Gasteiger partial charge in [-0.1, -0.05) is 0 Å². The fraction of sp³-hybridized carbons (Fsp3) is 0.545. The predicted molar refractivity (Wildman–Crippen MR) is 61.6 cm³/mol. The summed E-state index contributed by atoms with van der Waals surface area (Å²) in [5.74, 6) is 0.157. The fourth-order valence-electron chi connectivity index (χ4n) is 1.84. The lowest BCUT2D eigenvalue weighted by molar-refractivity contribution is 0.0588. The SMILES string of the molecule is COC(=O)c1nnc(N2CC[C@H](F)C2)cc1OC. The quantitative estimate of drug-likeness (QED) is 0.745. The van der Waals surface area contributed by atoms with E-state index in [0.29, 0.717) is 18.8 Å². The van der Waals surface area contributed by atoms with Crippen molar-refractivity contribution >= 4 is 11.8 Å². The van der Waals surface area contributed by atoms with E-state index in [1.54, 1.807) is 11.0 Å². The number of hydrogen-bond donors (Lipinski definition) is 0. The Morgan fingerprint density at radius 1 is 1.50 bits per heavy atom. The number of carbonyl (C=O) groups excluding carboxylic acids is 1. The minimum Gasteiger partial charge on any atom is -0.494 e. The third-order valence-electron chi connectivity index (χ3n) is 2.80. The number of carbonyl (C=O) groups is 1. The summed E-state index contributed by atoms with van der Waals surface area (Å²) >= 11 is 0. The lowest BCUT2D eigenvalue weighted by Gasteiger charge is -2.16. The van der Waals surface area contributed by atoms with Crippen LogP contribution in [0, 0.1) is 0 Å². The molecule has 0 amide bonds. The van der Waals surface area contributed by atoms with Crippen molar-refractivity contribution in [3.63, 3.8) is 0 Å². The summed E-state index contributed by atoms with van der Waals surface area (Å²) < 4.78 is 22.7. The van der Waals surface area contributed by atoms with Gasteiger partial charge >= 0.3 is 5.97 Å². The summed E-state index contributed by atoms with van der Waals surface area (Å²) in [6.07, 6.45) is -0.374. The van der Waals surface area contributed by atoms with E-state index in [1.165, 1.54) is 14.2 Å². The molecule has 6 nitrogen and oxygen atoms in total. The van der Waals surface area contributed by atoms with E-state index < -0.39 is 12.1 Å². The number of ether oxygens (including phenoxy) is 2. The third kappa shape index (κ3) is 2.34. The van der Waals surface area contributed by atoms with Gasteiger partial charge in [0.2, 0.25) is 5.69 Å². The molecule has 0 N–H and O–H groups in total. The van der Waals surface area contributed by atoms with Crippen molar-refractivity contribution in [2.24, 2.45) is 0 Å². The summed E-state index contributed by atoms with van der Waals surface area (Å²) in [7, 11) is 2.68. The molecule has 2 rings (SSSR count). The molecule has 1 aliphatic heterocycles. The van der Waals surface area contributed by atoms with Crippen molar-refractivity contribution in [3.8, 4) is 5.75 Å². The van der Waals surface area contributed by atoms with Gasteiger partial charge in [-0.05, 0) is 6.42 Å². The van der Waals surface area contributed by atoms with Crippen molar-refractivity contribution in [1.29, 1.82) is 0 Å². The van der Waals surface area contributed by atoms with Crippen LogP contribution >= 0.6 is 0 Å². The van der Waals surface area contributed by atoms with Crippen LogP contribution in [0.1, 0.15) is 16.9 Å². The molecule has 0 spiro atoms. The second-order valence-electron chi connectivity index (χ2n) is 3.94. The van der Waals surface area contributed by atoms with Gasteiger partial charge in [-0.25, -0.2) is 9.18 Å². The van der Waals surface area contributed by atoms with E-state index in [9.17, 15) is 9.18 Å². The van der Waals surface area contributed by atoms with Crippen molar-refractivity contribution in [2.45, 2.75) is 12.6 Å². The van der Waals surface area contributed by atoms with Crippen LogP contribution < -0.4 is 9.64 Å². The summed E-state index contributed by atoms with van der Waals surface area (Å²) in [6, 6.07) is 1.57. The highest BCUT2D eigenvalue weighted by Crippen LogP contribution is 2.25. The third-order valence-corrected chi connectivity index (χ3v) is 2.80. The molecule has 7 heteroatoms. The lowest BCUT2D eigenvalue weighted by Crippen LogP contribution is -2.22. The van der Waals surface area contributed by atoms with Crippen LogP contribution in [-0.2, 0) is 4.74 Å². The first-order valence-electron chi connectivity index (χ1n) is 5.54. The van der Waals surface area contributed by atoms with Crippen molar-refractivity contribution in [3.05, 3.63) is 11.8 Å². The average Bonchev–Trinajstić information content (AvgIpc) is 2.83. The smallest absolute Gasteiger partial charge is 0.362 e. The fourth-order valence-corrected chi connectivity index (χ4v) is 1.84. The van der Waals surface area contributed by atoms with E-state index in [-0.39, 0.29) is 18.0 Å². The van der Waals surface area contributed by atoms with Crippen molar-refractivity contribution in [2.75, 3.05) is 32.2 Å². The zero-order chi connectivity index (χ0) is 13.1. The highest BCUT2D eigenvalue weighted by molar-refractivity contribution is 5.90. The minimum atomic E-state index is -0.849. The highest BCUT2D eigenvalue weighted by atomic mass is 19.1. The largest absolute Gasteiger partial charge is 0.494 e. The standard InChI is InChI=1S/C11H14FN3O3/c1-17-8-5-9(15-4-3-7(12)6-15)13-14-10(8)11(16)18-2/h5,7H,3-4,6H2,1-2H3/t7-/m0/s1. The molecule has 0 bridgehead atoms. The van der Waals surface area contributed by atoms with Gasteiger partial charge in [0.1, 0.15) is 6.17 Å². The molecular formula is C11H14FN3O3. The Balaban J connectivity index is 2.27. The molecule has 1 fully saturated rings. The van der Waals surface area contributed by atoms with Gasteiger partial charge in [0.15, 0.2) is 11.6 Å². The van der Waals surface area contributed by atoms with Gasteiger partial charge < -0.3 is 14.4 Å². The van der Waals surface area contributed by atoms with E-state index in [1.807, 2.05) is 0 Å². The normalized spacial score (nSPS) is 18.8. The van der Waals surface area contributed by atoms with E-state index >= 15 is 0 Å². The Morgan fingerprint density at radius 2 is 2.28 bits per heavy atom. The highest BCUT2D eigenvalue weighted by Gasteiger charge is 2.25. The van der Waals surface area contributed by atoms with Crippen LogP contribution in [0.15, 0.2) is 6.07 Å². The summed E-state index contributed by atoms with van der Waals surface area (Å²) in [5, 5.41) is 7.68. The number of hydrogen-bond acceptors (Lipinski definition) is 6. The van der Waals surface area contributed by atoms with Crippen LogP contribution in [0.25, 0.3) is 0 Å². The number of nitrogens with zero attached hydrogens (tertiary/aromatic N) is 3. The molecular weight excluding hydrogens is 241 g/mol. The average molecular weight is 255 g/mol. The first-order valence-corrected chi connectivity index (χ1v) is 5.54. The number of aromatic nitrogens is 2.